The number of carbonyl (C=O) groups is 1. The van der Waals surface area contributed by atoms with E-state index in [4.69, 9.17) is 12.2 Å². The second kappa shape index (κ2) is 6.66. The van der Waals surface area contributed by atoms with Gasteiger partial charge in [-0.25, -0.2) is 4.39 Å². The molecule has 0 aliphatic heterocycles. The number of carbonyl (C=O) groups excluding carboxylic acids is 1. The first-order valence-electron chi connectivity index (χ1n) is 6.82. The van der Waals surface area contributed by atoms with Crippen molar-refractivity contribution in [1.82, 2.24) is 5.32 Å². The van der Waals surface area contributed by atoms with E-state index in [0.717, 1.165) is 16.8 Å². The Morgan fingerprint density at radius 2 is 1.59 bits per heavy atom. The van der Waals surface area contributed by atoms with E-state index in [1.165, 1.54) is 29.8 Å². The highest BCUT2D eigenvalue weighted by atomic mass is 32.1. The van der Waals surface area contributed by atoms with Gasteiger partial charge in [0, 0.05) is 11.3 Å². The van der Waals surface area contributed by atoms with Crippen LogP contribution < -0.4 is 10.6 Å². The van der Waals surface area contributed by atoms with Crippen molar-refractivity contribution in [3.8, 4) is 0 Å². The van der Waals surface area contributed by atoms with Crippen LogP contribution in [0.15, 0.2) is 36.4 Å². The quantitative estimate of drug-likeness (QED) is 0.826. The van der Waals surface area contributed by atoms with E-state index < -0.39 is 0 Å². The molecule has 1 amide bonds. The third-order valence-electron chi connectivity index (χ3n) is 3.25. The van der Waals surface area contributed by atoms with Crippen molar-refractivity contribution in [3.05, 3.63) is 64.5 Å². The van der Waals surface area contributed by atoms with Crippen LogP contribution in [0.25, 0.3) is 0 Å². The van der Waals surface area contributed by atoms with Crippen LogP contribution in [-0.4, -0.2) is 11.0 Å². The lowest BCUT2D eigenvalue weighted by Crippen LogP contribution is -2.34. The van der Waals surface area contributed by atoms with Crippen LogP contribution in [-0.2, 0) is 0 Å². The number of nitrogens with one attached hydrogen (secondary N) is 2. The molecule has 2 aromatic carbocycles. The van der Waals surface area contributed by atoms with E-state index >= 15 is 0 Å². The molecule has 0 aliphatic rings. The summed E-state index contributed by atoms with van der Waals surface area (Å²) in [6.45, 7) is 5.98. The van der Waals surface area contributed by atoms with Crippen molar-refractivity contribution < 1.29 is 9.18 Å². The molecule has 5 heteroatoms. The van der Waals surface area contributed by atoms with Gasteiger partial charge in [-0.2, -0.15) is 0 Å². The molecule has 0 spiro atoms. The number of thiocarbonyl (C=S) groups is 1. The lowest BCUT2D eigenvalue weighted by atomic mass is 10.1. The molecule has 0 fully saturated rings. The maximum atomic E-state index is 12.9. The number of hydrogen-bond acceptors (Lipinski definition) is 2. The van der Waals surface area contributed by atoms with Gasteiger partial charge in [0.25, 0.3) is 5.91 Å². The van der Waals surface area contributed by atoms with Gasteiger partial charge in [-0.1, -0.05) is 17.7 Å². The van der Waals surface area contributed by atoms with Gasteiger partial charge in [-0.05, 0) is 68.4 Å². The predicted molar refractivity (Wildman–Crippen MR) is 90.7 cm³/mol. The summed E-state index contributed by atoms with van der Waals surface area (Å²) < 4.78 is 12.9. The molecule has 3 nitrogen and oxygen atoms in total. The summed E-state index contributed by atoms with van der Waals surface area (Å²) in [5.41, 5.74) is 4.51. The number of amides is 1. The zero-order chi connectivity index (χ0) is 16.3. The molecule has 2 aromatic rings. The highest BCUT2D eigenvalue weighted by molar-refractivity contribution is 7.80. The summed E-state index contributed by atoms with van der Waals surface area (Å²) >= 11 is 5.17. The zero-order valence-electron chi connectivity index (χ0n) is 12.7. The van der Waals surface area contributed by atoms with Crippen molar-refractivity contribution >= 4 is 28.9 Å². The minimum Gasteiger partial charge on any atom is -0.332 e. The van der Waals surface area contributed by atoms with Gasteiger partial charge in [0.1, 0.15) is 5.82 Å². The average Bonchev–Trinajstić information content (AvgIpc) is 2.43. The third-order valence-corrected chi connectivity index (χ3v) is 3.45. The van der Waals surface area contributed by atoms with E-state index in [1.54, 1.807) is 0 Å². The van der Waals surface area contributed by atoms with Crippen molar-refractivity contribution in [1.29, 1.82) is 0 Å². The van der Waals surface area contributed by atoms with Gasteiger partial charge in [-0.3, -0.25) is 10.1 Å². The van der Waals surface area contributed by atoms with Gasteiger partial charge in [-0.15, -0.1) is 0 Å². The molecular weight excluding hydrogens is 299 g/mol. The largest absolute Gasteiger partial charge is 0.332 e. The Bertz CT molecular complexity index is 703. The van der Waals surface area contributed by atoms with Crippen LogP contribution in [0.4, 0.5) is 10.1 Å². The molecular formula is C17H17FN2OS. The topological polar surface area (TPSA) is 41.1 Å². The second-order valence-corrected chi connectivity index (χ2v) is 5.60. The summed E-state index contributed by atoms with van der Waals surface area (Å²) in [7, 11) is 0. The maximum Gasteiger partial charge on any atom is 0.257 e. The Balaban J connectivity index is 2.07. The zero-order valence-corrected chi connectivity index (χ0v) is 13.5. The molecule has 0 aromatic heterocycles. The molecule has 0 saturated heterocycles. The lowest BCUT2D eigenvalue weighted by molar-refractivity contribution is 0.0977. The summed E-state index contributed by atoms with van der Waals surface area (Å²) in [5.74, 6) is -0.761. The van der Waals surface area contributed by atoms with E-state index in [9.17, 15) is 9.18 Å². The van der Waals surface area contributed by atoms with Crippen LogP contribution in [0.5, 0.6) is 0 Å². The molecule has 0 heterocycles. The number of hydrogen-bond donors (Lipinski definition) is 2. The molecule has 22 heavy (non-hydrogen) atoms. The van der Waals surface area contributed by atoms with Crippen molar-refractivity contribution in [2.45, 2.75) is 20.8 Å². The second-order valence-electron chi connectivity index (χ2n) is 5.19. The van der Waals surface area contributed by atoms with Gasteiger partial charge in [0.15, 0.2) is 5.11 Å². The van der Waals surface area contributed by atoms with Crippen LogP contribution in [0.3, 0.4) is 0 Å². The molecule has 0 atom stereocenters. The monoisotopic (exact) mass is 316 g/mol. The first-order chi connectivity index (χ1) is 10.4. The van der Waals surface area contributed by atoms with Gasteiger partial charge < -0.3 is 5.32 Å². The molecule has 0 bridgehead atoms. The standard InChI is InChI=1S/C17H17FN2OS/c1-10-8-11(2)15(12(3)9-10)19-17(22)20-16(21)13-4-6-14(18)7-5-13/h4-9H,1-3H3,(H2,19,20,21,22). The van der Waals surface area contributed by atoms with Gasteiger partial charge in [0.2, 0.25) is 0 Å². The first-order valence-corrected chi connectivity index (χ1v) is 7.23. The fourth-order valence-corrected chi connectivity index (χ4v) is 2.49. The van der Waals surface area contributed by atoms with Crippen LogP contribution in [0.2, 0.25) is 0 Å². The minimum atomic E-state index is -0.386. The van der Waals surface area contributed by atoms with Crippen LogP contribution >= 0.6 is 12.2 Å². The summed E-state index contributed by atoms with van der Waals surface area (Å²) in [6, 6.07) is 9.38. The number of aryl methyl sites for hydroxylation is 3. The normalized spacial score (nSPS) is 10.2. The number of halogens is 1. The maximum absolute atomic E-state index is 12.9. The summed E-state index contributed by atoms with van der Waals surface area (Å²) in [4.78, 5) is 12.0. The SMILES string of the molecule is Cc1cc(C)c(NC(=S)NC(=O)c2ccc(F)cc2)c(C)c1. The molecule has 114 valence electrons. The fraction of sp³-hybridized carbons (Fsp3) is 0.176. The minimum absolute atomic E-state index is 0.212. The predicted octanol–water partition coefficient (Wildman–Crippen LogP) is 3.88. The Morgan fingerprint density at radius 3 is 2.14 bits per heavy atom. The molecule has 0 aliphatic carbocycles. The van der Waals surface area contributed by atoms with Crippen LogP contribution in [0.1, 0.15) is 27.0 Å². The van der Waals surface area contributed by atoms with Crippen molar-refractivity contribution in [2.75, 3.05) is 5.32 Å². The van der Waals surface area contributed by atoms with E-state index in [2.05, 4.69) is 10.6 Å². The van der Waals surface area contributed by atoms with E-state index in [0.29, 0.717) is 5.56 Å². The van der Waals surface area contributed by atoms with Gasteiger partial charge in [0.05, 0.1) is 0 Å². The highest BCUT2D eigenvalue weighted by Crippen LogP contribution is 2.21. The van der Waals surface area contributed by atoms with Crippen LogP contribution in [0, 0.1) is 26.6 Å². The smallest absolute Gasteiger partial charge is 0.257 e. The Labute approximate surface area is 134 Å². The highest BCUT2D eigenvalue weighted by Gasteiger charge is 2.10. The molecule has 0 unspecified atom stereocenters. The lowest BCUT2D eigenvalue weighted by Gasteiger charge is -2.15. The van der Waals surface area contributed by atoms with Gasteiger partial charge >= 0.3 is 0 Å². The number of anilines is 1. The molecule has 2 rings (SSSR count). The molecule has 0 radical (unpaired) electrons. The Hall–Kier alpha value is -2.27. The van der Waals surface area contributed by atoms with E-state index in [1.807, 2.05) is 32.9 Å². The van der Waals surface area contributed by atoms with Crippen molar-refractivity contribution in [3.63, 3.8) is 0 Å². The number of rotatable bonds is 2. The van der Waals surface area contributed by atoms with Crippen molar-refractivity contribution in [2.24, 2.45) is 0 Å². The fourth-order valence-electron chi connectivity index (χ4n) is 2.30. The van der Waals surface area contributed by atoms with E-state index in [-0.39, 0.29) is 16.8 Å². The molecule has 0 saturated carbocycles. The Morgan fingerprint density at radius 1 is 1.05 bits per heavy atom. The third kappa shape index (κ3) is 3.89. The first kappa shape index (κ1) is 16.1. The average molecular weight is 316 g/mol. The number of benzene rings is 2. The summed E-state index contributed by atoms with van der Waals surface area (Å²) in [5, 5.41) is 5.85. The molecule has 2 N–H and O–H groups in total. The summed E-state index contributed by atoms with van der Waals surface area (Å²) in [6.07, 6.45) is 0. The Kier molecular flexibility index (Phi) is 4.88.